The SMILES string of the molecule is CCCCOC(=O)c1ccc(N2C(=O)c3oc4ccc(F)cc4c(=O)c3C2c2ccc(OCc3ccccc3)c(OC)c2)cc1. The van der Waals surface area contributed by atoms with E-state index in [1.54, 1.807) is 42.5 Å². The van der Waals surface area contributed by atoms with E-state index in [1.807, 2.05) is 37.3 Å². The third kappa shape index (κ3) is 5.76. The number of nitrogens with zero attached hydrogens (tertiary/aromatic N) is 1. The van der Waals surface area contributed by atoms with Crippen LogP contribution < -0.4 is 19.8 Å². The number of benzene rings is 4. The van der Waals surface area contributed by atoms with Crippen LogP contribution in [0.3, 0.4) is 0 Å². The quantitative estimate of drug-likeness (QED) is 0.122. The van der Waals surface area contributed by atoms with Crippen LogP contribution in [0.15, 0.2) is 100 Å². The average Bonchev–Trinajstić information content (AvgIpc) is 3.36. The standard InChI is InChI=1S/C36H30FNO7/c1-3-4-18-43-36(41)23-10-14-26(15-11-23)38-32(31-33(39)27-20-25(37)13-17-28(27)45-34(31)35(38)40)24-12-16-29(30(19-24)42-2)44-21-22-8-6-5-7-9-22/h5-17,19-20,32H,3-4,18,21H2,1-2H3. The summed E-state index contributed by atoms with van der Waals surface area (Å²) in [5.74, 6) is -0.903. The Morgan fingerprint density at radius 2 is 1.71 bits per heavy atom. The summed E-state index contributed by atoms with van der Waals surface area (Å²) >= 11 is 0. The highest BCUT2D eigenvalue weighted by atomic mass is 19.1. The van der Waals surface area contributed by atoms with E-state index in [-0.39, 0.29) is 22.3 Å². The molecular formula is C36H30FNO7. The van der Waals surface area contributed by atoms with E-state index in [0.29, 0.717) is 41.5 Å². The van der Waals surface area contributed by atoms with Crippen LogP contribution in [0, 0.1) is 5.82 Å². The van der Waals surface area contributed by atoms with Gasteiger partial charge in [0, 0.05) is 5.69 Å². The van der Waals surface area contributed by atoms with Crippen LogP contribution in [-0.4, -0.2) is 25.6 Å². The number of anilines is 1. The van der Waals surface area contributed by atoms with E-state index < -0.39 is 29.2 Å². The molecule has 1 unspecified atom stereocenters. The molecule has 0 saturated heterocycles. The molecule has 1 amide bonds. The maximum Gasteiger partial charge on any atom is 0.338 e. The third-order valence-corrected chi connectivity index (χ3v) is 7.68. The van der Waals surface area contributed by atoms with E-state index >= 15 is 0 Å². The van der Waals surface area contributed by atoms with E-state index in [2.05, 4.69) is 0 Å². The first-order chi connectivity index (χ1) is 21.9. The summed E-state index contributed by atoms with van der Waals surface area (Å²) in [6.07, 6.45) is 1.65. The number of esters is 1. The fourth-order valence-corrected chi connectivity index (χ4v) is 5.39. The Morgan fingerprint density at radius 1 is 0.933 bits per heavy atom. The molecule has 9 heteroatoms. The first kappa shape index (κ1) is 29.6. The number of methoxy groups -OCH3 is 1. The molecule has 0 spiro atoms. The van der Waals surface area contributed by atoms with E-state index in [0.717, 1.165) is 24.5 Å². The summed E-state index contributed by atoms with van der Waals surface area (Å²) in [6, 6.07) is 23.9. The zero-order valence-corrected chi connectivity index (χ0v) is 24.7. The van der Waals surface area contributed by atoms with Gasteiger partial charge in [0.1, 0.15) is 18.0 Å². The summed E-state index contributed by atoms with van der Waals surface area (Å²) in [5.41, 5.74) is 1.90. The van der Waals surface area contributed by atoms with Crippen LogP contribution in [0.1, 0.15) is 63.4 Å². The van der Waals surface area contributed by atoms with E-state index in [4.69, 9.17) is 18.6 Å². The van der Waals surface area contributed by atoms with Gasteiger partial charge in [0.2, 0.25) is 5.76 Å². The maximum atomic E-state index is 14.2. The van der Waals surface area contributed by atoms with Crippen LogP contribution in [0.2, 0.25) is 0 Å². The summed E-state index contributed by atoms with van der Waals surface area (Å²) in [4.78, 5) is 41.8. The number of carbonyl (C=O) groups excluding carboxylic acids is 2. The summed E-state index contributed by atoms with van der Waals surface area (Å²) < 4.78 is 37.2. The average molecular weight is 608 g/mol. The van der Waals surface area contributed by atoms with Gasteiger partial charge in [-0.15, -0.1) is 0 Å². The minimum atomic E-state index is -0.948. The molecule has 0 fully saturated rings. The number of fused-ring (bicyclic) bond motifs is 2. The number of halogens is 1. The highest BCUT2D eigenvalue weighted by Gasteiger charge is 2.44. The molecule has 1 aliphatic heterocycles. The van der Waals surface area contributed by atoms with Crippen molar-refractivity contribution in [1.29, 1.82) is 0 Å². The van der Waals surface area contributed by atoms with Crippen molar-refractivity contribution in [3.63, 3.8) is 0 Å². The number of amides is 1. The molecule has 0 bridgehead atoms. The van der Waals surface area contributed by atoms with Crippen molar-refractivity contribution in [3.05, 3.63) is 135 Å². The zero-order chi connectivity index (χ0) is 31.5. The summed E-state index contributed by atoms with van der Waals surface area (Å²) in [5, 5.41) is 0.0216. The largest absolute Gasteiger partial charge is 0.493 e. The molecule has 1 aliphatic rings. The van der Waals surface area contributed by atoms with Crippen LogP contribution in [0.25, 0.3) is 11.0 Å². The first-order valence-electron chi connectivity index (χ1n) is 14.6. The Bertz CT molecular complexity index is 1940. The van der Waals surface area contributed by atoms with Crippen molar-refractivity contribution >= 4 is 28.5 Å². The lowest BCUT2D eigenvalue weighted by atomic mass is 9.97. The Morgan fingerprint density at radius 3 is 2.44 bits per heavy atom. The van der Waals surface area contributed by atoms with Gasteiger partial charge in [-0.3, -0.25) is 14.5 Å². The second-order valence-corrected chi connectivity index (χ2v) is 10.6. The van der Waals surface area contributed by atoms with Gasteiger partial charge in [0.25, 0.3) is 5.91 Å². The molecule has 4 aromatic carbocycles. The smallest absolute Gasteiger partial charge is 0.338 e. The third-order valence-electron chi connectivity index (χ3n) is 7.68. The Hall–Kier alpha value is -5.44. The van der Waals surface area contributed by atoms with Crippen LogP contribution in [0.4, 0.5) is 10.1 Å². The van der Waals surface area contributed by atoms with Gasteiger partial charge in [-0.1, -0.05) is 49.7 Å². The lowest BCUT2D eigenvalue weighted by Crippen LogP contribution is -2.29. The number of hydrogen-bond acceptors (Lipinski definition) is 7. The predicted octanol–water partition coefficient (Wildman–Crippen LogP) is 7.23. The van der Waals surface area contributed by atoms with Gasteiger partial charge in [0.05, 0.1) is 36.3 Å². The number of carbonyl (C=O) groups is 2. The Kier molecular flexibility index (Phi) is 8.33. The molecule has 1 aromatic heterocycles. The fourth-order valence-electron chi connectivity index (χ4n) is 5.39. The normalized spacial score (nSPS) is 14.0. The lowest BCUT2D eigenvalue weighted by Gasteiger charge is -2.26. The van der Waals surface area contributed by atoms with Gasteiger partial charge in [-0.05, 0) is 72.1 Å². The minimum absolute atomic E-state index is 0.0216. The fraction of sp³-hybridized carbons (Fsp3) is 0.194. The Labute approximate surface area is 258 Å². The monoisotopic (exact) mass is 607 g/mol. The lowest BCUT2D eigenvalue weighted by molar-refractivity contribution is 0.0499. The van der Waals surface area contributed by atoms with Crippen molar-refractivity contribution in [2.45, 2.75) is 32.4 Å². The molecule has 1 atom stereocenters. The highest BCUT2D eigenvalue weighted by Crippen LogP contribution is 2.43. The molecular weight excluding hydrogens is 577 g/mol. The minimum Gasteiger partial charge on any atom is -0.493 e. The van der Waals surface area contributed by atoms with Crippen molar-refractivity contribution < 1.29 is 32.6 Å². The van der Waals surface area contributed by atoms with Crippen molar-refractivity contribution in [3.8, 4) is 11.5 Å². The van der Waals surface area contributed by atoms with Gasteiger partial charge in [0.15, 0.2) is 16.9 Å². The zero-order valence-electron chi connectivity index (χ0n) is 24.7. The molecule has 0 saturated carbocycles. The first-order valence-corrected chi connectivity index (χ1v) is 14.6. The van der Waals surface area contributed by atoms with Gasteiger partial charge in [-0.25, -0.2) is 9.18 Å². The number of hydrogen-bond donors (Lipinski definition) is 0. The van der Waals surface area contributed by atoms with E-state index in [1.165, 1.54) is 24.1 Å². The molecule has 0 radical (unpaired) electrons. The summed E-state index contributed by atoms with van der Waals surface area (Å²) in [6.45, 7) is 2.62. The van der Waals surface area contributed by atoms with Gasteiger partial charge in [-0.2, -0.15) is 0 Å². The molecule has 0 aliphatic carbocycles. The summed E-state index contributed by atoms with van der Waals surface area (Å²) in [7, 11) is 1.50. The molecule has 2 heterocycles. The second kappa shape index (κ2) is 12.7. The topological polar surface area (TPSA) is 95.3 Å². The number of ether oxygens (including phenoxy) is 3. The van der Waals surface area contributed by atoms with Crippen molar-refractivity contribution in [2.75, 3.05) is 18.6 Å². The number of unbranched alkanes of at least 4 members (excludes halogenated alkanes) is 1. The highest BCUT2D eigenvalue weighted by molar-refractivity contribution is 6.10. The maximum absolute atomic E-state index is 14.2. The molecule has 8 nitrogen and oxygen atoms in total. The van der Waals surface area contributed by atoms with Crippen LogP contribution >= 0.6 is 0 Å². The van der Waals surface area contributed by atoms with Crippen LogP contribution in [-0.2, 0) is 11.3 Å². The molecule has 5 aromatic rings. The van der Waals surface area contributed by atoms with Gasteiger partial charge < -0.3 is 18.6 Å². The molecule has 45 heavy (non-hydrogen) atoms. The molecule has 228 valence electrons. The van der Waals surface area contributed by atoms with Crippen LogP contribution in [0.5, 0.6) is 11.5 Å². The van der Waals surface area contributed by atoms with Crippen molar-refractivity contribution in [1.82, 2.24) is 0 Å². The van der Waals surface area contributed by atoms with Gasteiger partial charge >= 0.3 is 5.97 Å². The predicted molar refractivity (Wildman–Crippen MR) is 166 cm³/mol. The Balaban J connectivity index is 1.43. The molecule has 6 rings (SSSR count). The second-order valence-electron chi connectivity index (χ2n) is 10.6. The van der Waals surface area contributed by atoms with E-state index in [9.17, 15) is 18.8 Å². The van der Waals surface area contributed by atoms with Crippen molar-refractivity contribution in [2.24, 2.45) is 0 Å². The molecule has 0 N–H and O–H groups in total. The number of rotatable bonds is 10.